The van der Waals surface area contributed by atoms with Gasteiger partial charge in [-0.2, -0.15) is 0 Å². The summed E-state index contributed by atoms with van der Waals surface area (Å²) in [5.41, 5.74) is 16.0. The van der Waals surface area contributed by atoms with Gasteiger partial charge in [-0.15, -0.1) is 0 Å². The summed E-state index contributed by atoms with van der Waals surface area (Å²) in [5.74, 6) is -6.22. The molecule has 4 atom stereocenters. The minimum absolute atomic E-state index is 0.0928. The summed E-state index contributed by atoms with van der Waals surface area (Å²) in [6.45, 7) is 3.89. The van der Waals surface area contributed by atoms with Crippen LogP contribution < -0.4 is 33.2 Å². The van der Waals surface area contributed by atoms with Gasteiger partial charge in [-0.3, -0.25) is 24.0 Å². The lowest BCUT2D eigenvalue weighted by Crippen LogP contribution is -2.57. The fraction of sp³-hybridized carbons (Fsp3) is 0.700. The molecule has 0 spiro atoms. The lowest BCUT2D eigenvalue weighted by Gasteiger charge is -2.26. The number of carbonyl (C=O) groups is 6. The largest absolute Gasteiger partial charge is 0.481 e. The Bertz CT molecular complexity index is 745. The van der Waals surface area contributed by atoms with Crippen LogP contribution in [0.4, 0.5) is 0 Å². The van der Waals surface area contributed by atoms with Crippen LogP contribution in [-0.2, 0) is 28.8 Å². The number of carboxylic acid groups (broad SMARTS) is 2. The molecule has 0 aliphatic rings. The van der Waals surface area contributed by atoms with Gasteiger partial charge in [0, 0.05) is 0 Å². The lowest BCUT2D eigenvalue weighted by molar-refractivity contribution is -0.144. The molecule has 0 aromatic rings. The Morgan fingerprint density at radius 2 is 1.32 bits per heavy atom. The highest BCUT2D eigenvalue weighted by Gasteiger charge is 2.31. The van der Waals surface area contributed by atoms with Crippen molar-refractivity contribution in [3.05, 3.63) is 0 Å². The highest BCUT2D eigenvalue weighted by atomic mass is 16.4. The van der Waals surface area contributed by atoms with Crippen molar-refractivity contribution in [1.29, 1.82) is 0 Å². The third kappa shape index (κ3) is 12.7. The quantitative estimate of drug-likeness (QED) is 0.0988. The zero-order chi connectivity index (χ0) is 26.4. The van der Waals surface area contributed by atoms with Gasteiger partial charge in [0.25, 0.3) is 0 Å². The Morgan fingerprint density at radius 3 is 1.79 bits per heavy atom. The van der Waals surface area contributed by atoms with E-state index in [-0.39, 0.29) is 18.8 Å². The predicted octanol–water partition coefficient (Wildman–Crippen LogP) is -2.62. The molecule has 0 radical (unpaired) electrons. The summed E-state index contributed by atoms with van der Waals surface area (Å²) in [4.78, 5) is 71.1. The van der Waals surface area contributed by atoms with Gasteiger partial charge in [-0.05, 0) is 38.1 Å². The van der Waals surface area contributed by atoms with Crippen molar-refractivity contribution in [2.45, 2.75) is 76.5 Å². The number of carboxylic acids is 2. The molecule has 4 unspecified atom stereocenters. The van der Waals surface area contributed by atoms with E-state index in [0.717, 1.165) is 0 Å². The summed E-state index contributed by atoms with van der Waals surface area (Å²) in [5, 5.41) is 25.1. The number of hydrogen-bond donors (Lipinski definition) is 8. The van der Waals surface area contributed by atoms with Gasteiger partial charge in [0.15, 0.2) is 0 Å². The van der Waals surface area contributed by atoms with Gasteiger partial charge in [0.1, 0.15) is 18.1 Å². The zero-order valence-electron chi connectivity index (χ0n) is 19.4. The van der Waals surface area contributed by atoms with Crippen LogP contribution in [0.1, 0.15) is 52.4 Å². The second kappa shape index (κ2) is 15.6. The maximum absolute atomic E-state index is 12.9. The van der Waals surface area contributed by atoms with Gasteiger partial charge in [-0.1, -0.05) is 13.8 Å². The van der Waals surface area contributed by atoms with Crippen molar-refractivity contribution in [3.63, 3.8) is 0 Å². The standard InChI is InChI=1S/C20H36N6O8/c1-10(2)7-13(19(32)26-14(20(33)34)9-15(23)27)25-18(31)12(5-3-4-6-21)24-17(30)11(22)8-16(28)29/h10-14H,3-9,21-22H2,1-2H3,(H2,23,27)(H,24,30)(H,25,31)(H,26,32)(H,28,29)(H,33,34). The Balaban J connectivity index is 5.54. The highest BCUT2D eigenvalue weighted by Crippen LogP contribution is 2.09. The fourth-order valence-electron chi connectivity index (χ4n) is 2.97. The van der Waals surface area contributed by atoms with Crippen LogP contribution in [0.2, 0.25) is 0 Å². The van der Waals surface area contributed by atoms with Gasteiger partial charge >= 0.3 is 11.9 Å². The first-order chi connectivity index (χ1) is 15.8. The van der Waals surface area contributed by atoms with E-state index in [1.807, 2.05) is 0 Å². The maximum atomic E-state index is 12.9. The summed E-state index contributed by atoms with van der Waals surface area (Å²) < 4.78 is 0. The third-order valence-electron chi connectivity index (χ3n) is 4.67. The van der Waals surface area contributed by atoms with E-state index in [0.29, 0.717) is 19.4 Å². The number of nitrogens with two attached hydrogens (primary N) is 3. The molecule has 14 heteroatoms. The average molecular weight is 489 g/mol. The average Bonchev–Trinajstić information content (AvgIpc) is 2.70. The molecule has 0 saturated carbocycles. The second-order valence-electron chi connectivity index (χ2n) is 8.31. The molecule has 0 fully saturated rings. The number of hydrogen-bond acceptors (Lipinski definition) is 8. The van der Waals surface area contributed by atoms with E-state index in [4.69, 9.17) is 22.3 Å². The molecule has 34 heavy (non-hydrogen) atoms. The van der Waals surface area contributed by atoms with E-state index in [1.54, 1.807) is 13.8 Å². The molecular weight excluding hydrogens is 452 g/mol. The molecule has 0 aliphatic carbocycles. The Hall–Kier alpha value is -3.26. The summed E-state index contributed by atoms with van der Waals surface area (Å²) in [7, 11) is 0. The molecule has 0 aliphatic heterocycles. The molecule has 0 heterocycles. The topological polar surface area (TPSA) is 257 Å². The van der Waals surface area contributed by atoms with Crippen LogP contribution in [0.3, 0.4) is 0 Å². The van der Waals surface area contributed by atoms with Gasteiger partial charge in [0.2, 0.25) is 23.6 Å². The van der Waals surface area contributed by atoms with E-state index in [2.05, 4.69) is 16.0 Å². The van der Waals surface area contributed by atoms with E-state index < -0.39 is 72.6 Å². The van der Waals surface area contributed by atoms with Crippen LogP contribution in [0.5, 0.6) is 0 Å². The first-order valence-electron chi connectivity index (χ1n) is 10.9. The van der Waals surface area contributed by atoms with Crippen LogP contribution in [-0.4, -0.2) is 76.5 Å². The van der Waals surface area contributed by atoms with Crippen LogP contribution in [0.25, 0.3) is 0 Å². The van der Waals surface area contributed by atoms with Crippen molar-refractivity contribution in [2.24, 2.45) is 23.1 Å². The Kier molecular flexibility index (Phi) is 14.1. The number of aliphatic carboxylic acids is 2. The molecule has 11 N–H and O–H groups in total. The smallest absolute Gasteiger partial charge is 0.326 e. The summed E-state index contributed by atoms with van der Waals surface area (Å²) >= 11 is 0. The van der Waals surface area contributed by atoms with Crippen LogP contribution >= 0.6 is 0 Å². The first-order valence-corrected chi connectivity index (χ1v) is 10.9. The van der Waals surface area contributed by atoms with Crippen molar-refractivity contribution in [3.8, 4) is 0 Å². The Labute approximate surface area is 197 Å². The third-order valence-corrected chi connectivity index (χ3v) is 4.67. The fourth-order valence-corrected chi connectivity index (χ4v) is 2.97. The van der Waals surface area contributed by atoms with Gasteiger partial charge < -0.3 is 43.4 Å². The SMILES string of the molecule is CC(C)CC(NC(=O)C(CCCCN)NC(=O)C(N)CC(=O)O)C(=O)NC(CC(N)=O)C(=O)O. The van der Waals surface area contributed by atoms with Crippen LogP contribution in [0.15, 0.2) is 0 Å². The zero-order valence-corrected chi connectivity index (χ0v) is 19.4. The molecule has 0 bridgehead atoms. The van der Waals surface area contributed by atoms with Gasteiger partial charge in [0.05, 0.1) is 18.9 Å². The number of amides is 4. The monoisotopic (exact) mass is 488 g/mol. The molecule has 0 aromatic heterocycles. The van der Waals surface area contributed by atoms with E-state index in [9.17, 15) is 33.9 Å². The molecule has 4 amide bonds. The van der Waals surface area contributed by atoms with Crippen LogP contribution in [0, 0.1) is 5.92 Å². The van der Waals surface area contributed by atoms with Crippen molar-refractivity contribution >= 4 is 35.6 Å². The minimum Gasteiger partial charge on any atom is -0.481 e. The van der Waals surface area contributed by atoms with Crippen molar-refractivity contribution < 1.29 is 39.0 Å². The minimum atomic E-state index is -1.58. The number of primary amides is 1. The lowest BCUT2D eigenvalue weighted by atomic mass is 10.0. The molecule has 0 aromatic carbocycles. The van der Waals surface area contributed by atoms with Crippen molar-refractivity contribution in [2.75, 3.05) is 6.54 Å². The summed E-state index contributed by atoms with van der Waals surface area (Å²) in [6, 6.07) is -5.28. The molecule has 14 nitrogen and oxygen atoms in total. The number of carbonyl (C=O) groups excluding carboxylic acids is 4. The highest BCUT2D eigenvalue weighted by molar-refractivity contribution is 5.95. The first kappa shape index (κ1) is 30.7. The number of unbranched alkanes of at least 4 members (excludes halogenated alkanes) is 1. The van der Waals surface area contributed by atoms with Gasteiger partial charge in [-0.25, -0.2) is 4.79 Å². The summed E-state index contributed by atoms with van der Waals surface area (Å²) in [6.07, 6.45) is -0.0130. The Morgan fingerprint density at radius 1 is 0.794 bits per heavy atom. The molecular formula is C20H36N6O8. The van der Waals surface area contributed by atoms with Crippen molar-refractivity contribution in [1.82, 2.24) is 16.0 Å². The molecule has 194 valence electrons. The maximum Gasteiger partial charge on any atom is 0.326 e. The number of nitrogens with one attached hydrogen (secondary N) is 3. The number of rotatable bonds is 17. The predicted molar refractivity (Wildman–Crippen MR) is 120 cm³/mol. The van der Waals surface area contributed by atoms with E-state index >= 15 is 0 Å². The van der Waals surface area contributed by atoms with E-state index in [1.165, 1.54) is 0 Å². The molecule has 0 saturated heterocycles. The second-order valence-corrected chi connectivity index (χ2v) is 8.31. The molecule has 0 rings (SSSR count). The normalized spacial score (nSPS) is 14.4.